The molecule has 0 radical (unpaired) electrons. The molecule has 0 bridgehead atoms. The molecule has 1 aliphatic heterocycles. The number of nitrogens with one attached hydrogen (secondary N) is 2. The van der Waals surface area contributed by atoms with E-state index in [-0.39, 0.29) is 11.8 Å². The van der Waals surface area contributed by atoms with Gasteiger partial charge in [-0.3, -0.25) is 14.5 Å². The number of carbonyl (C=O) groups is 2. The van der Waals surface area contributed by atoms with Crippen LogP contribution in [0.3, 0.4) is 0 Å². The molecular weight excluding hydrogens is 330 g/mol. The molecular formula is C20H29N3O3. The van der Waals surface area contributed by atoms with E-state index < -0.39 is 0 Å². The van der Waals surface area contributed by atoms with Crippen molar-refractivity contribution in [3.63, 3.8) is 0 Å². The van der Waals surface area contributed by atoms with Gasteiger partial charge >= 0.3 is 0 Å². The van der Waals surface area contributed by atoms with Crippen LogP contribution < -0.4 is 15.4 Å². The minimum absolute atomic E-state index is 0.0439. The number of likely N-dealkylation sites (tertiary alicyclic amines) is 1. The van der Waals surface area contributed by atoms with E-state index in [2.05, 4.69) is 15.5 Å². The van der Waals surface area contributed by atoms with E-state index in [0.29, 0.717) is 23.7 Å². The highest BCUT2D eigenvalue weighted by atomic mass is 16.5. The Hall–Kier alpha value is -2.08. The minimum atomic E-state index is -0.150. The number of benzene rings is 1. The van der Waals surface area contributed by atoms with Crippen molar-refractivity contribution in [3.05, 3.63) is 18.2 Å². The summed E-state index contributed by atoms with van der Waals surface area (Å²) in [6.07, 6.45) is 6.56. The number of methoxy groups -OCH3 is 1. The van der Waals surface area contributed by atoms with Gasteiger partial charge in [0.25, 0.3) is 0 Å². The van der Waals surface area contributed by atoms with Crippen molar-refractivity contribution >= 4 is 23.2 Å². The van der Waals surface area contributed by atoms with Gasteiger partial charge in [-0.25, -0.2) is 0 Å². The lowest BCUT2D eigenvalue weighted by Gasteiger charge is -2.41. The molecule has 1 saturated heterocycles. The maximum Gasteiger partial charge on any atom is 0.238 e. The van der Waals surface area contributed by atoms with E-state index in [1.807, 2.05) is 0 Å². The fourth-order valence-electron chi connectivity index (χ4n) is 4.30. The number of nitrogens with zero attached hydrogens (tertiary/aromatic N) is 1. The average molecular weight is 359 g/mol. The third-order valence-electron chi connectivity index (χ3n) is 5.54. The molecule has 6 nitrogen and oxygen atoms in total. The van der Waals surface area contributed by atoms with Crippen LogP contribution in [0.25, 0.3) is 0 Å². The van der Waals surface area contributed by atoms with Gasteiger partial charge in [-0.1, -0.05) is 19.3 Å². The summed E-state index contributed by atoms with van der Waals surface area (Å²) in [6, 6.07) is 5.23. The molecule has 2 amide bonds. The SMILES string of the molecule is COc1ccc(NC(C)=O)cc1NC(=O)CN1CC[C@@H]2CCCC[C@@H]2C1. The highest BCUT2D eigenvalue weighted by Gasteiger charge is 2.31. The lowest BCUT2D eigenvalue weighted by atomic mass is 9.75. The summed E-state index contributed by atoms with van der Waals surface area (Å²) < 4.78 is 5.33. The van der Waals surface area contributed by atoms with Crippen molar-refractivity contribution in [3.8, 4) is 5.75 Å². The summed E-state index contributed by atoms with van der Waals surface area (Å²) >= 11 is 0. The maximum absolute atomic E-state index is 12.5. The first-order chi connectivity index (χ1) is 12.5. The second-order valence-electron chi connectivity index (χ2n) is 7.47. The number of rotatable bonds is 5. The van der Waals surface area contributed by atoms with Gasteiger partial charge in [0.2, 0.25) is 11.8 Å². The van der Waals surface area contributed by atoms with Gasteiger partial charge in [0.15, 0.2) is 0 Å². The fourth-order valence-corrected chi connectivity index (χ4v) is 4.30. The number of anilines is 2. The molecule has 1 saturated carbocycles. The van der Waals surface area contributed by atoms with Crippen LogP contribution in [0.5, 0.6) is 5.75 Å². The van der Waals surface area contributed by atoms with Crippen molar-refractivity contribution < 1.29 is 14.3 Å². The van der Waals surface area contributed by atoms with Crippen LogP contribution in [0.4, 0.5) is 11.4 Å². The summed E-state index contributed by atoms with van der Waals surface area (Å²) in [5, 5.41) is 5.66. The van der Waals surface area contributed by atoms with Gasteiger partial charge in [-0.15, -0.1) is 0 Å². The van der Waals surface area contributed by atoms with Crippen molar-refractivity contribution in [2.24, 2.45) is 11.8 Å². The zero-order valence-corrected chi connectivity index (χ0v) is 15.7. The van der Waals surface area contributed by atoms with E-state index >= 15 is 0 Å². The van der Waals surface area contributed by atoms with Crippen molar-refractivity contribution in [2.45, 2.75) is 39.0 Å². The first-order valence-electron chi connectivity index (χ1n) is 9.53. The predicted octanol–water partition coefficient (Wildman–Crippen LogP) is 3.10. The van der Waals surface area contributed by atoms with Gasteiger partial charge in [0, 0.05) is 19.2 Å². The van der Waals surface area contributed by atoms with Gasteiger partial charge < -0.3 is 15.4 Å². The maximum atomic E-state index is 12.5. The summed E-state index contributed by atoms with van der Waals surface area (Å²) in [5.41, 5.74) is 1.22. The zero-order chi connectivity index (χ0) is 18.5. The van der Waals surface area contributed by atoms with Crippen LogP contribution >= 0.6 is 0 Å². The van der Waals surface area contributed by atoms with Crippen LogP contribution in [0.1, 0.15) is 39.0 Å². The normalized spacial score (nSPS) is 23.0. The summed E-state index contributed by atoms with van der Waals surface area (Å²) in [4.78, 5) is 26.1. The molecule has 2 fully saturated rings. The number of fused-ring (bicyclic) bond motifs is 1. The lowest BCUT2D eigenvalue weighted by molar-refractivity contribution is -0.118. The van der Waals surface area contributed by atoms with Gasteiger partial charge in [-0.05, 0) is 49.4 Å². The molecule has 3 rings (SSSR count). The minimum Gasteiger partial charge on any atom is -0.495 e. The monoisotopic (exact) mass is 359 g/mol. The molecule has 1 aliphatic carbocycles. The van der Waals surface area contributed by atoms with Gasteiger partial charge in [-0.2, -0.15) is 0 Å². The third-order valence-corrected chi connectivity index (χ3v) is 5.54. The number of piperidine rings is 1. The van der Waals surface area contributed by atoms with Crippen LogP contribution in [-0.2, 0) is 9.59 Å². The number of carbonyl (C=O) groups excluding carboxylic acids is 2. The van der Waals surface area contributed by atoms with E-state index in [0.717, 1.165) is 24.9 Å². The lowest BCUT2D eigenvalue weighted by Crippen LogP contribution is -2.44. The molecule has 2 N–H and O–H groups in total. The van der Waals surface area contributed by atoms with Crippen LogP contribution in [0.2, 0.25) is 0 Å². The second kappa shape index (κ2) is 8.54. The standard InChI is InChI=1S/C20H29N3O3/c1-14(24)21-17-7-8-19(26-2)18(11-17)22-20(25)13-23-10-9-15-5-3-4-6-16(15)12-23/h7-8,11,15-16H,3-6,9-10,12-13H2,1-2H3,(H,21,24)(H,22,25)/t15-,16+/m0/s1. The number of hydrogen-bond donors (Lipinski definition) is 2. The van der Waals surface area contributed by atoms with Gasteiger partial charge in [0.05, 0.1) is 19.3 Å². The molecule has 2 aliphatic rings. The fraction of sp³-hybridized carbons (Fsp3) is 0.600. The molecule has 1 heterocycles. The Balaban J connectivity index is 1.59. The Morgan fingerprint density at radius 1 is 1.15 bits per heavy atom. The summed E-state index contributed by atoms with van der Waals surface area (Å²) in [5.74, 6) is 2.00. The Morgan fingerprint density at radius 3 is 2.65 bits per heavy atom. The quantitative estimate of drug-likeness (QED) is 0.847. The van der Waals surface area contributed by atoms with Crippen molar-refractivity contribution in [2.75, 3.05) is 37.4 Å². The topological polar surface area (TPSA) is 70.7 Å². The second-order valence-corrected chi connectivity index (χ2v) is 7.47. The van der Waals surface area contributed by atoms with Gasteiger partial charge in [0.1, 0.15) is 5.75 Å². The smallest absolute Gasteiger partial charge is 0.238 e. The number of hydrogen-bond acceptors (Lipinski definition) is 4. The van der Waals surface area contributed by atoms with E-state index in [9.17, 15) is 9.59 Å². The highest BCUT2D eigenvalue weighted by Crippen LogP contribution is 2.36. The Bertz CT molecular complexity index is 662. The largest absolute Gasteiger partial charge is 0.495 e. The Labute approximate surface area is 155 Å². The molecule has 0 unspecified atom stereocenters. The van der Waals surface area contributed by atoms with Crippen molar-refractivity contribution in [1.82, 2.24) is 4.90 Å². The average Bonchev–Trinajstić information content (AvgIpc) is 2.61. The molecule has 0 aromatic heterocycles. The van der Waals surface area contributed by atoms with E-state index in [1.165, 1.54) is 39.0 Å². The van der Waals surface area contributed by atoms with E-state index in [4.69, 9.17) is 4.74 Å². The molecule has 2 atom stereocenters. The number of amides is 2. The molecule has 6 heteroatoms. The third kappa shape index (κ3) is 4.75. The summed E-state index contributed by atoms with van der Waals surface area (Å²) in [7, 11) is 1.57. The first kappa shape index (κ1) is 18.7. The molecule has 1 aromatic carbocycles. The first-order valence-corrected chi connectivity index (χ1v) is 9.53. The molecule has 26 heavy (non-hydrogen) atoms. The number of ether oxygens (including phenoxy) is 1. The van der Waals surface area contributed by atoms with Crippen LogP contribution in [0.15, 0.2) is 18.2 Å². The van der Waals surface area contributed by atoms with Crippen LogP contribution in [-0.4, -0.2) is 43.5 Å². The van der Waals surface area contributed by atoms with E-state index in [1.54, 1.807) is 25.3 Å². The highest BCUT2D eigenvalue weighted by molar-refractivity contribution is 5.95. The zero-order valence-electron chi connectivity index (χ0n) is 15.7. The predicted molar refractivity (Wildman–Crippen MR) is 102 cm³/mol. The Kier molecular flexibility index (Phi) is 6.14. The molecule has 1 aromatic rings. The Morgan fingerprint density at radius 2 is 1.92 bits per heavy atom. The summed E-state index contributed by atoms with van der Waals surface area (Å²) in [6.45, 7) is 3.88. The molecule has 0 spiro atoms. The van der Waals surface area contributed by atoms with Crippen molar-refractivity contribution in [1.29, 1.82) is 0 Å². The van der Waals surface area contributed by atoms with Crippen LogP contribution in [0, 0.1) is 11.8 Å². The molecule has 142 valence electrons.